The number of sulfone groups is 1. The van der Waals surface area contributed by atoms with Gasteiger partial charge in [0.25, 0.3) is 5.91 Å². The molecule has 0 aliphatic carbocycles. The molecule has 1 N–H and O–H groups in total. The Balaban J connectivity index is 1.62. The van der Waals surface area contributed by atoms with Gasteiger partial charge in [0.1, 0.15) is 17.4 Å². The first-order valence-corrected chi connectivity index (χ1v) is 11.1. The van der Waals surface area contributed by atoms with Gasteiger partial charge in [0.2, 0.25) is 0 Å². The van der Waals surface area contributed by atoms with E-state index in [1.807, 2.05) is 32.0 Å². The van der Waals surface area contributed by atoms with Gasteiger partial charge in [-0.25, -0.2) is 17.5 Å². The predicted molar refractivity (Wildman–Crippen MR) is 110 cm³/mol. The minimum atomic E-state index is -3.29. The number of ether oxygens (including phenoxy) is 1. The van der Waals surface area contributed by atoms with Gasteiger partial charge in [-0.2, -0.15) is 5.10 Å². The van der Waals surface area contributed by atoms with E-state index in [4.69, 9.17) is 4.74 Å². The summed E-state index contributed by atoms with van der Waals surface area (Å²) in [7, 11) is -3.29. The van der Waals surface area contributed by atoms with Crippen molar-refractivity contribution in [3.63, 3.8) is 0 Å². The molecule has 0 atom stereocenters. The van der Waals surface area contributed by atoms with Crippen LogP contribution in [0.4, 0.5) is 10.2 Å². The highest BCUT2D eigenvalue weighted by molar-refractivity contribution is 7.90. The van der Waals surface area contributed by atoms with Gasteiger partial charge in [-0.3, -0.25) is 4.79 Å². The summed E-state index contributed by atoms with van der Waals surface area (Å²) in [5.74, 6) is -0.539. The summed E-state index contributed by atoms with van der Waals surface area (Å²) in [6, 6.07) is 11.1. The van der Waals surface area contributed by atoms with Crippen LogP contribution in [-0.2, 0) is 26.1 Å². The fourth-order valence-electron chi connectivity index (χ4n) is 3.44. The zero-order valence-electron chi connectivity index (χ0n) is 16.5. The molecule has 2 heterocycles. The molecule has 0 spiro atoms. The first kappa shape index (κ1) is 20.1. The lowest BCUT2D eigenvalue weighted by molar-refractivity contribution is -0.118. The third-order valence-electron chi connectivity index (χ3n) is 4.81. The molecule has 0 fully saturated rings. The molecule has 1 amide bonds. The average Bonchev–Trinajstić information content (AvgIpc) is 3.14. The van der Waals surface area contributed by atoms with Crippen molar-refractivity contribution >= 4 is 21.6 Å². The van der Waals surface area contributed by atoms with Crippen LogP contribution in [0.5, 0.6) is 5.75 Å². The van der Waals surface area contributed by atoms with Gasteiger partial charge in [-0.05, 0) is 49.7 Å². The Kier molecular flexibility index (Phi) is 5.07. The quantitative estimate of drug-likeness (QED) is 0.673. The summed E-state index contributed by atoms with van der Waals surface area (Å²) in [5, 5.41) is 7.22. The molecule has 0 unspecified atom stereocenters. The van der Waals surface area contributed by atoms with Crippen LogP contribution in [0.3, 0.4) is 0 Å². The number of amides is 1. The Hall–Kier alpha value is -3.20. The highest BCUT2D eigenvalue weighted by Crippen LogP contribution is 2.33. The number of anilines is 1. The van der Waals surface area contributed by atoms with Crippen molar-refractivity contribution in [2.24, 2.45) is 0 Å². The van der Waals surface area contributed by atoms with Crippen LogP contribution in [0, 0.1) is 19.7 Å². The van der Waals surface area contributed by atoms with E-state index < -0.39 is 21.6 Å². The molecule has 2 aromatic carbocycles. The van der Waals surface area contributed by atoms with Crippen molar-refractivity contribution in [1.82, 2.24) is 9.78 Å². The molecule has 3 aromatic rings. The summed E-state index contributed by atoms with van der Waals surface area (Å²) in [4.78, 5) is 12.5. The smallest absolute Gasteiger partial charge is 0.263 e. The number of nitrogens with zero attached hydrogens (tertiary/aromatic N) is 2. The predicted octanol–water partition coefficient (Wildman–Crippen LogP) is 3.07. The van der Waals surface area contributed by atoms with E-state index in [-0.39, 0.29) is 18.1 Å². The molecule has 0 radical (unpaired) electrons. The molecule has 9 heteroatoms. The Morgan fingerprint density at radius 1 is 1.17 bits per heavy atom. The number of rotatable bonds is 5. The highest BCUT2D eigenvalue weighted by atomic mass is 32.2. The van der Waals surface area contributed by atoms with Crippen molar-refractivity contribution in [2.75, 3.05) is 11.9 Å². The summed E-state index contributed by atoms with van der Waals surface area (Å²) < 4.78 is 44.1. The number of carbonyl (C=O) groups is 1. The maximum absolute atomic E-state index is 13.0. The second kappa shape index (κ2) is 7.56. The second-order valence-electron chi connectivity index (χ2n) is 7.30. The van der Waals surface area contributed by atoms with Gasteiger partial charge >= 0.3 is 0 Å². The van der Waals surface area contributed by atoms with Crippen LogP contribution in [0.2, 0.25) is 0 Å². The van der Waals surface area contributed by atoms with E-state index in [9.17, 15) is 17.6 Å². The van der Waals surface area contributed by atoms with Gasteiger partial charge < -0.3 is 10.1 Å². The van der Waals surface area contributed by atoms with Gasteiger partial charge in [0.05, 0.1) is 22.9 Å². The van der Waals surface area contributed by atoms with E-state index in [0.29, 0.717) is 22.8 Å². The summed E-state index contributed by atoms with van der Waals surface area (Å²) in [5.41, 5.74) is 3.70. The van der Waals surface area contributed by atoms with Gasteiger partial charge in [-0.15, -0.1) is 0 Å². The fraction of sp³-hybridized carbons (Fsp3) is 0.238. The molecule has 30 heavy (non-hydrogen) atoms. The second-order valence-corrected chi connectivity index (χ2v) is 9.36. The first-order chi connectivity index (χ1) is 14.2. The Labute approximate surface area is 173 Å². The molecule has 1 aliphatic heterocycles. The topological polar surface area (TPSA) is 90.3 Å². The van der Waals surface area contributed by atoms with E-state index in [1.165, 1.54) is 24.3 Å². The van der Waals surface area contributed by atoms with Crippen molar-refractivity contribution in [3.8, 4) is 11.4 Å². The maximum atomic E-state index is 13.0. The van der Waals surface area contributed by atoms with E-state index >= 15 is 0 Å². The monoisotopic (exact) mass is 429 g/mol. The Bertz CT molecular complexity index is 1230. The van der Waals surface area contributed by atoms with Crippen LogP contribution in [0.25, 0.3) is 5.69 Å². The molecule has 1 aromatic heterocycles. The number of halogens is 1. The van der Waals surface area contributed by atoms with E-state index in [1.54, 1.807) is 4.68 Å². The minimum absolute atomic E-state index is 0.158. The van der Waals surface area contributed by atoms with Crippen LogP contribution in [0.15, 0.2) is 42.5 Å². The van der Waals surface area contributed by atoms with Gasteiger partial charge in [0.15, 0.2) is 16.4 Å². The number of nitrogens with one attached hydrogen (secondary N) is 1. The third kappa shape index (κ3) is 4.06. The lowest BCUT2D eigenvalue weighted by Crippen LogP contribution is -2.23. The summed E-state index contributed by atoms with van der Waals surface area (Å²) >= 11 is 0. The molecule has 0 saturated heterocycles. The van der Waals surface area contributed by atoms with Crippen molar-refractivity contribution in [3.05, 3.63) is 70.7 Å². The van der Waals surface area contributed by atoms with Crippen molar-refractivity contribution < 1.29 is 22.3 Å². The average molecular weight is 429 g/mol. The third-order valence-corrected chi connectivity index (χ3v) is 6.25. The lowest BCUT2D eigenvalue weighted by Gasteiger charge is -2.14. The molecule has 156 valence electrons. The Morgan fingerprint density at radius 2 is 1.90 bits per heavy atom. The van der Waals surface area contributed by atoms with E-state index in [2.05, 4.69) is 10.4 Å². The fourth-order valence-corrected chi connectivity index (χ4v) is 4.93. The normalized spacial score (nSPS) is 14.4. The minimum Gasteiger partial charge on any atom is -0.484 e. The standard InChI is InChI=1S/C21H20FN3O4S/c1-13-3-8-19(14(2)9-13)25-21(17-11-30(27,28)12-18(17)24-25)23-20(26)10-29-16-6-4-15(22)5-7-16/h3-9H,10-12H2,1-2H3,(H,23,26). The van der Waals surface area contributed by atoms with Crippen molar-refractivity contribution in [1.29, 1.82) is 0 Å². The zero-order chi connectivity index (χ0) is 21.5. The van der Waals surface area contributed by atoms with Crippen LogP contribution in [0.1, 0.15) is 22.4 Å². The molecular formula is C21H20FN3O4S. The zero-order valence-corrected chi connectivity index (χ0v) is 17.3. The number of aromatic nitrogens is 2. The number of benzene rings is 2. The molecular weight excluding hydrogens is 409 g/mol. The molecule has 4 rings (SSSR count). The highest BCUT2D eigenvalue weighted by Gasteiger charge is 2.33. The largest absolute Gasteiger partial charge is 0.484 e. The van der Waals surface area contributed by atoms with Gasteiger partial charge in [0, 0.05) is 5.56 Å². The molecule has 0 saturated carbocycles. The molecule has 0 bridgehead atoms. The maximum Gasteiger partial charge on any atom is 0.263 e. The van der Waals surface area contributed by atoms with Crippen LogP contribution < -0.4 is 10.1 Å². The Morgan fingerprint density at radius 3 is 2.60 bits per heavy atom. The first-order valence-electron chi connectivity index (χ1n) is 9.29. The number of carbonyl (C=O) groups excluding carboxylic acids is 1. The van der Waals surface area contributed by atoms with Crippen LogP contribution in [-0.4, -0.2) is 30.7 Å². The van der Waals surface area contributed by atoms with Crippen LogP contribution >= 0.6 is 0 Å². The van der Waals surface area contributed by atoms with Crippen molar-refractivity contribution in [2.45, 2.75) is 25.4 Å². The number of aryl methyl sites for hydroxylation is 2. The summed E-state index contributed by atoms with van der Waals surface area (Å²) in [6.45, 7) is 3.59. The molecule has 1 aliphatic rings. The summed E-state index contributed by atoms with van der Waals surface area (Å²) in [6.07, 6.45) is 0. The number of fused-ring (bicyclic) bond motifs is 1. The van der Waals surface area contributed by atoms with E-state index in [0.717, 1.165) is 16.8 Å². The lowest BCUT2D eigenvalue weighted by atomic mass is 10.1. The number of hydrogen-bond donors (Lipinski definition) is 1. The van der Waals surface area contributed by atoms with Gasteiger partial charge in [-0.1, -0.05) is 17.7 Å². The SMILES string of the molecule is Cc1ccc(-n2nc3c(c2NC(=O)COc2ccc(F)cc2)CS(=O)(=O)C3)c(C)c1. The molecule has 7 nitrogen and oxygen atoms in total. The number of hydrogen-bond acceptors (Lipinski definition) is 5.